The maximum atomic E-state index is 12.3. The molecule has 0 spiro atoms. The standard InChI is InChI=1S/C18H24N4O5/c1-13(23)20-5-7-21(8-6-20)16-3-2-15(10-17(16)22(25)26)18(24)19-11-14-4-9-27-12-14/h2-3,10,14H,4-9,11-12H2,1H3,(H,19,24). The minimum atomic E-state index is -0.464. The van der Waals surface area contributed by atoms with Crippen LogP contribution in [-0.2, 0) is 9.53 Å². The molecular formula is C18H24N4O5. The number of hydrogen-bond donors (Lipinski definition) is 1. The van der Waals surface area contributed by atoms with Crippen LogP contribution in [-0.4, -0.2) is 67.6 Å². The fraction of sp³-hybridized carbons (Fsp3) is 0.556. The number of rotatable bonds is 5. The highest BCUT2D eigenvalue weighted by Gasteiger charge is 2.26. The Morgan fingerprint density at radius 2 is 2.04 bits per heavy atom. The summed E-state index contributed by atoms with van der Waals surface area (Å²) in [4.78, 5) is 38.5. The van der Waals surface area contributed by atoms with Crippen LogP contribution in [0.4, 0.5) is 11.4 Å². The molecule has 1 aromatic rings. The van der Waals surface area contributed by atoms with Crippen LogP contribution in [0.5, 0.6) is 0 Å². The van der Waals surface area contributed by atoms with Gasteiger partial charge < -0.3 is 19.9 Å². The van der Waals surface area contributed by atoms with Crippen LogP contribution in [0.25, 0.3) is 0 Å². The average molecular weight is 376 g/mol. The van der Waals surface area contributed by atoms with Crippen LogP contribution < -0.4 is 10.2 Å². The summed E-state index contributed by atoms with van der Waals surface area (Å²) < 4.78 is 5.28. The Bertz CT molecular complexity index is 724. The van der Waals surface area contributed by atoms with Crippen LogP contribution in [0.1, 0.15) is 23.7 Å². The van der Waals surface area contributed by atoms with Gasteiger partial charge in [-0.25, -0.2) is 0 Å². The van der Waals surface area contributed by atoms with Gasteiger partial charge >= 0.3 is 0 Å². The van der Waals surface area contributed by atoms with Gasteiger partial charge in [0.15, 0.2) is 0 Å². The van der Waals surface area contributed by atoms with E-state index in [-0.39, 0.29) is 23.1 Å². The third-order valence-electron chi connectivity index (χ3n) is 5.08. The molecule has 1 atom stereocenters. The smallest absolute Gasteiger partial charge is 0.293 e. The van der Waals surface area contributed by atoms with E-state index in [1.54, 1.807) is 17.0 Å². The fourth-order valence-corrected chi connectivity index (χ4v) is 3.42. The number of benzene rings is 1. The van der Waals surface area contributed by atoms with Gasteiger partial charge in [-0.2, -0.15) is 0 Å². The van der Waals surface area contributed by atoms with E-state index in [0.29, 0.717) is 57.5 Å². The summed E-state index contributed by atoms with van der Waals surface area (Å²) in [5.41, 5.74) is 0.652. The number of ether oxygens (including phenoxy) is 1. The zero-order valence-electron chi connectivity index (χ0n) is 15.3. The maximum absolute atomic E-state index is 12.3. The van der Waals surface area contributed by atoms with Crippen LogP contribution in [0, 0.1) is 16.0 Å². The molecule has 0 radical (unpaired) electrons. The molecule has 0 aromatic heterocycles. The molecule has 2 aliphatic rings. The molecule has 2 heterocycles. The Hall–Kier alpha value is -2.68. The van der Waals surface area contributed by atoms with Crippen molar-refractivity contribution in [3.05, 3.63) is 33.9 Å². The van der Waals surface area contributed by atoms with Crippen molar-refractivity contribution in [2.45, 2.75) is 13.3 Å². The van der Waals surface area contributed by atoms with Crippen molar-refractivity contribution in [3.63, 3.8) is 0 Å². The van der Waals surface area contributed by atoms with Crippen molar-refractivity contribution in [3.8, 4) is 0 Å². The number of carbonyl (C=O) groups is 2. The highest BCUT2D eigenvalue weighted by Crippen LogP contribution is 2.30. The number of nitro groups is 1. The predicted molar refractivity (Wildman–Crippen MR) is 98.8 cm³/mol. The number of carbonyl (C=O) groups excluding carboxylic acids is 2. The number of piperazine rings is 1. The van der Waals surface area contributed by atoms with E-state index in [2.05, 4.69) is 5.32 Å². The van der Waals surface area contributed by atoms with Gasteiger partial charge in [0.1, 0.15) is 5.69 Å². The molecule has 9 nitrogen and oxygen atoms in total. The summed E-state index contributed by atoms with van der Waals surface area (Å²) in [6.45, 7) is 5.45. The van der Waals surface area contributed by atoms with Crippen molar-refractivity contribution in [1.29, 1.82) is 0 Å². The summed E-state index contributed by atoms with van der Waals surface area (Å²) in [6, 6.07) is 4.56. The van der Waals surface area contributed by atoms with Crippen LogP contribution in [0.15, 0.2) is 18.2 Å². The van der Waals surface area contributed by atoms with E-state index in [4.69, 9.17) is 4.74 Å². The molecule has 1 N–H and O–H groups in total. The van der Waals surface area contributed by atoms with Crippen molar-refractivity contribution < 1.29 is 19.2 Å². The lowest BCUT2D eigenvalue weighted by atomic mass is 10.1. The summed E-state index contributed by atoms with van der Waals surface area (Å²) >= 11 is 0. The number of nitrogens with zero attached hydrogens (tertiary/aromatic N) is 3. The Balaban J connectivity index is 1.70. The van der Waals surface area contributed by atoms with Gasteiger partial charge in [-0.05, 0) is 18.6 Å². The van der Waals surface area contributed by atoms with E-state index in [1.807, 2.05) is 4.90 Å². The van der Waals surface area contributed by atoms with Gasteiger partial charge in [0.25, 0.3) is 11.6 Å². The second kappa shape index (κ2) is 8.34. The first-order chi connectivity index (χ1) is 13.0. The zero-order valence-corrected chi connectivity index (χ0v) is 15.3. The Labute approximate surface area is 157 Å². The van der Waals surface area contributed by atoms with E-state index in [9.17, 15) is 19.7 Å². The first kappa shape index (κ1) is 19.1. The van der Waals surface area contributed by atoms with Crippen LogP contribution in [0.2, 0.25) is 0 Å². The van der Waals surface area contributed by atoms with E-state index >= 15 is 0 Å². The maximum Gasteiger partial charge on any atom is 0.293 e. The summed E-state index contributed by atoms with van der Waals surface area (Å²) in [7, 11) is 0. The first-order valence-electron chi connectivity index (χ1n) is 9.10. The second-order valence-electron chi connectivity index (χ2n) is 6.89. The molecule has 2 saturated heterocycles. The number of nitrogens with one attached hydrogen (secondary N) is 1. The molecule has 2 aliphatic heterocycles. The van der Waals surface area contributed by atoms with E-state index in [0.717, 1.165) is 6.42 Å². The Morgan fingerprint density at radius 1 is 1.30 bits per heavy atom. The number of amides is 2. The molecule has 9 heteroatoms. The lowest BCUT2D eigenvalue weighted by Gasteiger charge is -2.35. The van der Waals surface area contributed by atoms with Gasteiger partial charge in [-0.15, -0.1) is 0 Å². The molecule has 2 fully saturated rings. The monoisotopic (exact) mass is 376 g/mol. The molecule has 0 saturated carbocycles. The molecule has 0 bridgehead atoms. The zero-order chi connectivity index (χ0) is 19.4. The first-order valence-corrected chi connectivity index (χ1v) is 9.10. The van der Waals surface area contributed by atoms with Gasteiger partial charge in [-0.3, -0.25) is 19.7 Å². The Morgan fingerprint density at radius 3 is 2.63 bits per heavy atom. The lowest BCUT2D eigenvalue weighted by molar-refractivity contribution is -0.384. The minimum absolute atomic E-state index is 0.00355. The topological polar surface area (TPSA) is 105 Å². The SMILES string of the molecule is CC(=O)N1CCN(c2ccc(C(=O)NCC3CCOC3)cc2[N+](=O)[O-])CC1. The van der Waals surface area contributed by atoms with Crippen molar-refractivity contribution >= 4 is 23.2 Å². The number of hydrogen-bond acceptors (Lipinski definition) is 6. The molecule has 1 unspecified atom stereocenters. The molecular weight excluding hydrogens is 352 g/mol. The normalized spacial score (nSPS) is 19.8. The fourth-order valence-electron chi connectivity index (χ4n) is 3.42. The molecule has 3 rings (SSSR count). The molecule has 146 valence electrons. The van der Waals surface area contributed by atoms with Crippen molar-refractivity contribution in [2.75, 3.05) is 50.8 Å². The molecule has 1 aromatic carbocycles. The molecule has 2 amide bonds. The summed E-state index contributed by atoms with van der Waals surface area (Å²) in [5.74, 6) is -0.0254. The number of anilines is 1. The van der Waals surface area contributed by atoms with Gasteiger partial charge in [0.05, 0.1) is 11.5 Å². The number of nitro benzene ring substituents is 1. The van der Waals surface area contributed by atoms with Gasteiger partial charge in [-0.1, -0.05) is 0 Å². The van der Waals surface area contributed by atoms with E-state index < -0.39 is 4.92 Å². The van der Waals surface area contributed by atoms with Crippen molar-refractivity contribution in [2.24, 2.45) is 5.92 Å². The molecule has 0 aliphatic carbocycles. The van der Waals surface area contributed by atoms with Crippen LogP contribution in [0.3, 0.4) is 0 Å². The van der Waals surface area contributed by atoms with Gasteiger partial charge in [0, 0.05) is 63.8 Å². The third kappa shape index (κ3) is 4.54. The molecule has 27 heavy (non-hydrogen) atoms. The highest BCUT2D eigenvalue weighted by molar-refractivity contribution is 5.95. The summed E-state index contributed by atoms with van der Waals surface area (Å²) in [5, 5.41) is 14.4. The van der Waals surface area contributed by atoms with E-state index in [1.165, 1.54) is 13.0 Å². The minimum Gasteiger partial charge on any atom is -0.381 e. The van der Waals surface area contributed by atoms with Crippen molar-refractivity contribution in [1.82, 2.24) is 10.2 Å². The average Bonchev–Trinajstić information content (AvgIpc) is 3.19. The third-order valence-corrected chi connectivity index (χ3v) is 5.08. The highest BCUT2D eigenvalue weighted by atomic mass is 16.6. The van der Waals surface area contributed by atoms with Gasteiger partial charge in [0.2, 0.25) is 5.91 Å². The quantitative estimate of drug-likeness (QED) is 0.608. The Kier molecular flexibility index (Phi) is 5.90. The predicted octanol–water partition coefficient (Wildman–Crippen LogP) is 1.03. The largest absolute Gasteiger partial charge is 0.381 e. The summed E-state index contributed by atoms with van der Waals surface area (Å²) in [6.07, 6.45) is 0.908. The van der Waals surface area contributed by atoms with Crippen LogP contribution >= 0.6 is 0 Å². The lowest BCUT2D eigenvalue weighted by Crippen LogP contribution is -2.48. The second-order valence-corrected chi connectivity index (χ2v) is 6.89.